The zero-order valence-corrected chi connectivity index (χ0v) is 4.96. The average Bonchev–Trinajstić information content (AvgIpc) is 2.19. The molecule has 0 aliphatic carbocycles. The van der Waals surface area contributed by atoms with Crippen LogP contribution in [0.4, 0.5) is 0 Å². The molecular weight excluding hydrogens is 100 g/mol. The van der Waals surface area contributed by atoms with Gasteiger partial charge in [0.1, 0.15) is 6.34 Å². The third-order valence-electron chi connectivity index (χ3n) is 1.02. The average molecular weight is 109 g/mol. The van der Waals surface area contributed by atoms with E-state index in [9.17, 15) is 0 Å². The Kier molecular flexibility index (Phi) is 1.67. The second-order valence-electron chi connectivity index (χ2n) is 1.76. The van der Waals surface area contributed by atoms with Gasteiger partial charge in [0, 0.05) is 0 Å². The summed E-state index contributed by atoms with van der Waals surface area (Å²) in [4.78, 5) is 3.99. The summed E-state index contributed by atoms with van der Waals surface area (Å²) < 4.78 is 0. The summed E-state index contributed by atoms with van der Waals surface area (Å²) in [6.45, 7) is 2.13. The third kappa shape index (κ3) is 1.09. The number of hydrogen-bond donors (Lipinski definition) is 0. The molecule has 0 spiro atoms. The van der Waals surface area contributed by atoms with Crippen molar-refractivity contribution in [2.75, 3.05) is 0 Å². The van der Waals surface area contributed by atoms with Gasteiger partial charge in [0.25, 0.3) is 0 Å². The molecule has 0 aromatic rings. The number of hydrogen-bond acceptors (Lipinski definition) is 1. The molecule has 0 atom stereocenters. The van der Waals surface area contributed by atoms with Crippen LogP contribution in [0.1, 0.15) is 19.8 Å². The number of aliphatic imine (C=N–C) groups is 1. The molecule has 0 N–H and O–H groups in total. The largest absolute Gasteiger partial charge is 0.243 e. The summed E-state index contributed by atoms with van der Waals surface area (Å²) in [5.41, 5.74) is 1.10. The minimum atomic E-state index is 1.06. The first kappa shape index (κ1) is 5.35. The van der Waals surface area contributed by atoms with Crippen molar-refractivity contribution in [3.05, 3.63) is 11.9 Å². The van der Waals surface area contributed by atoms with Crippen molar-refractivity contribution < 1.29 is 0 Å². The predicted octanol–water partition coefficient (Wildman–Crippen LogP) is 1.27. The van der Waals surface area contributed by atoms with Crippen LogP contribution in [-0.2, 0) is 0 Å². The summed E-state index contributed by atoms with van der Waals surface area (Å²) >= 11 is 0. The predicted molar refractivity (Wildman–Crippen MR) is 33.6 cm³/mol. The third-order valence-corrected chi connectivity index (χ3v) is 1.02. The normalized spacial score (nSPS) is 15.9. The van der Waals surface area contributed by atoms with Gasteiger partial charge in [0.15, 0.2) is 0 Å². The molecule has 0 fully saturated rings. The van der Waals surface area contributed by atoms with Gasteiger partial charge in [0.2, 0.25) is 0 Å². The molecule has 0 unspecified atom stereocenters. The molecule has 0 aromatic heterocycles. The quantitative estimate of drug-likeness (QED) is 0.510. The molecule has 43 valence electrons. The van der Waals surface area contributed by atoms with Gasteiger partial charge in [-0.25, -0.2) is 10.3 Å². The van der Waals surface area contributed by atoms with Crippen LogP contribution in [0.5, 0.6) is 0 Å². The minimum Gasteiger partial charge on any atom is -0.243 e. The summed E-state index contributed by atoms with van der Waals surface area (Å²) in [5, 5.41) is 3.83. The van der Waals surface area contributed by atoms with Gasteiger partial charge in [-0.3, -0.25) is 0 Å². The van der Waals surface area contributed by atoms with Gasteiger partial charge >= 0.3 is 0 Å². The molecule has 2 heteroatoms. The van der Waals surface area contributed by atoms with Crippen LogP contribution in [0.3, 0.4) is 0 Å². The van der Waals surface area contributed by atoms with Gasteiger partial charge in [-0.15, -0.1) is 0 Å². The Labute approximate surface area is 49.3 Å². The zero-order chi connectivity index (χ0) is 5.82. The molecule has 1 heterocycles. The summed E-state index contributed by atoms with van der Waals surface area (Å²) in [6, 6.07) is 0. The smallest absolute Gasteiger partial charge is 0.115 e. The highest BCUT2D eigenvalue weighted by molar-refractivity contribution is 5.60. The van der Waals surface area contributed by atoms with Crippen LogP contribution in [0.25, 0.3) is 0 Å². The fourth-order valence-corrected chi connectivity index (χ4v) is 0.645. The fourth-order valence-electron chi connectivity index (χ4n) is 0.645. The number of nitrogens with zero attached hydrogens (tertiary/aromatic N) is 2. The monoisotopic (exact) mass is 109 g/mol. The number of rotatable bonds is 2. The van der Waals surface area contributed by atoms with Crippen molar-refractivity contribution in [2.45, 2.75) is 19.8 Å². The Bertz CT molecular complexity index is 124. The Morgan fingerprint density at radius 3 is 3.00 bits per heavy atom. The minimum absolute atomic E-state index is 1.06. The van der Waals surface area contributed by atoms with E-state index in [1.54, 1.807) is 6.34 Å². The van der Waals surface area contributed by atoms with Crippen molar-refractivity contribution in [3.63, 3.8) is 0 Å². The van der Waals surface area contributed by atoms with Crippen LogP contribution in [0.2, 0.25) is 0 Å². The Morgan fingerprint density at radius 1 is 1.62 bits per heavy atom. The van der Waals surface area contributed by atoms with E-state index >= 15 is 0 Å². The molecule has 2 nitrogen and oxygen atoms in total. The molecule has 0 saturated heterocycles. The Balaban J connectivity index is 2.34. The van der Waals surface area contributed by atoms with E-state index in [0.29, 0.717) is 0 Å². The highest BCUT2D eigenvalue weighted by atomic mass is 15.0. The molecule has 0 saturated carbocycles. The lowest BCUT2D eigenvalue weighted by molar-refractivity contribution is 0.896. The van der Waals surface area contributed by atoms with Gasteiger partial charge in [-0.1, -0.05) is 13.3 Å². The Hall–Kier alpha value is -0.790. The second kappa shape index (κ2) is 2.50. The summed E-state index contributed by atoms with van der Waals surface area (Å²) in [7, 11) is 0. The topological polar surface area (TPSA) is 26.5 Å². The molecule has 1 radical (unpaired) electrons. The molecule has 0 aromatic carbocycles. The second-order valence-corrected chi connectivity index (χ2v) is 1.76. The molecule has 1 rings (SSSR count). The van der Waals surface area contributed by atoms with Gasteiger partial charge in [0.05, 0.1) is 11.9 Å². The van der Waals surface area contributed by atoms with E-state index in [2.05, 4.69) is 17.2 Å². The van der Waals surface area contributed by atoms with Crippen LogP contribution >= 0.6 is 0 Å². The molecule has 0 amide bonds. The molecule has 0 bridgehead atoms. The van der Waals surface area contributed by atoms with Crippen LogP contribution in [-0.4, -0.2) is 6.34 Å². The van der Waals surface area contributed by atoms with Crippen molar-refractivity contribution in [1.82, 2.24) is 5.32 Å². The van der Waals surface area contributed by atoms with Crippen LogP contribution in [0.15, 0.2) is 16.9 Å². The van der Waals surface area contributed by atoms with E-state index in [1.165, 1.54) is 0 Å². The molecule has 1 aliphatic heterocycles. The van der Waals surface area contributed by atoms with Gasteiger partial charge in [-0.2, -0.15) is 0 Å². The van der Waals surface area contributed by atoms with E-state index in [1.807, 2.05) is 6.20 Å². The number of allylic oxidation sites excluding steroid dienone is 1. The first-order valence-corrected chi connectivity index (χ1v) is 2.85. The standard InChI is InChI=1S/C6H9N2/c1-2-3-6-4-7-5-8-6/h4-5H,2-3H2,1H3. The van der Waals surface area contributed by atoms with E-state index in [0.717, 1.165) is 18.5 Å². The van der Waals surface area contributed by atoms with E-state index in [-0.39, 0.29) is 0 Å². The lowest BCUT2D eigenvalue weighted by atomic mass is 10.3. The highest BCUT2D eigenvalue weighted by Crippen LogP contribution is 2.06. The van der Waals surface area contributed by atoms with Crippen LogP contribution < -0.4 is 5.32 Å². The van der Waals surface area contributed by atoms with Crippen molar-refractivity contribution in [3.8, 4) is 0 Å². The first-order valence-electron chi connectivity index (χ1n) is 2.85. The van der Waals surface area contributed by atoms with E-state index < -0.39 is 0 Å². The lowest BCUT2D eigenvalue weighted by Crippen LogP contribution is -1.80. The molecule has 8 heavy (non-hydrogen) atoms. The van der Waals surface area contributed by atoms with Crippen molar-refractivity contribution in [2.24, 2.45) is 4.99 Å². The van der Waals surface area contributed by atoms with Crippen molar-refractivity contribution >= 4 is 6.34 Å². The van der Waals surface area contributed by atoms with Crippen molar-refractivity contribution in [1.29, 1.82) is 0 Å². The summed E-state index contributed by atoms with van der Waals surface area (Å²) in [6.07, 6.45) is 5.60. The lowest BCUT2D eigenvalue weighted by Gasteiger charge is -1.87. The highest BCUT2D eigenvalue weighted by Gasteiger charge is 1.95. The first-order chi connectivity index (χ1) is 3.93. The maximum Gasteiger partial charge on any atom is 0.115 e. The van der Waals surface area contributed by atoms with Gasteiger partial charge < -0.3 is 0 Å². The SMILES string of the molecule is CCCC1=C[N]C=N1. The maximum atomic E-state index is 3.99. The Morgan fingerprint density at radius 2 is 2.50 bits per heavy atom. The summed E-state index contributed by atoms with van der Waals surface area (Å²) in [5.74, 6) is 0. The molecule has 1 aliphatic rings. The fraction of sp³-hybridized carbons (Fsp3) is 0.500. The molecular formula is C6H9N2. The zero-order valence-electron chi connectivity index (χ0n) is 4.96. The van der Waals surface area contributed by atoms with E-state index in [4.69, 9.17) is 0 Å². The van der Waals surface area contributed by atoms with Crippen LogP contribution in [0, 0.1) is 0 Å². The van der Waals surface area contributed by atoms with Gasteiger partial charge in [-0.05, 0) is 6.42 Å². The maximum absolute atomic E-state index is 3.99.